The smallest absolute Gasteiger partial charge is 0.270 e. The highest BCUT2D eigenvalue weighted by Crippen LogP contribution is 2.15. The predicted molar refractivity (Wildman–Crippen MR) is 78.8 cm³/mol. The lowest BCUT2D eigenvalue weighted by Gasteiger charge is -2.14. The number of hydrogen-bond acceptors (Lipinski definition) is 3. The monoisotopic (exact) mass is 286 g/mol. The van der Waals surface area contributed by atoms with Gasteiger partial charge < -0.3 is 0 Å². The number of para-hydroxylation sites is 1. The molecular weight excluding hydrogens is 276 g/mol. The zero-order valence-electron chi connectivity index (χ0n) is 10.4. The largest absolute Gasteiger partial charge is 0.331 e. The standard InChI is InChI=1S/C15H11ClN2O2/c16-14(19)15(20)18(13-9-5-2-6-10-13)17-11-12-7-3-1-4-8-12/h1-11H/b17-11+. The van der Waals surface area contributed by atoms with Crippen molar-refractivity contribution < 1.29 is 9.59 Å². The van der Waals surface area contributed by atoms with Crippen LogP contribution < -0.4 is 5.01 Å². The van der Waals surface area contributed by atoms with Gasteiger partial charge in [0.15, 0.2) is 0 Å². The fraction of sp³-hybridized carbons (Fsp3) is 0. The molecule has 20 heavy (non-hydrogen) atoms. The molecule has 5 heteroatoms. The number of nitrogens with zero attached hydrogens (tertiary/aromatic N) is 2. The molecule has 0 bridgehead atoms. The minimum atomic E-state index is -1.08. The van der Waals surface area contributed by atoms with Crippen LogP contribution in [0.25, 0.3) is 0 Å². The minimum Gasteiger partial charge on any atom is -0.270 e. The summed E-state index contributed by atoms with van der Waals surface area (Å²) in [6.45, 7) is 0. The van der Waals surface area contributed by atoms with Gasteiger partial charge in [0.2, 0.25) is 0 Å². The lowest BCUT2D eigenvalue weighted by atomic mass is 10.2. The molecule has 0 aliphatic heterocycles. The van der Waals surface area contributed by atoms with Crippen molar-refractivity contribution in [3.05, 3.63) is 66.2 Å². The molecule has 0 aromatic heterocycles. The van der Waals surface area contributed by atoms with Crippen molar-refractivity contribution in [3.63, 3.8) is 0 Å². The van der Waals surface area contributed by atoms with Crippen LogP contribution in [0.4, 0.5) is 5.69 Å². The summed E-state index contributed by atoms with van der Waals surface area (Å²) in [5, 5.41) is 3.93. The van der Waals surface area contributed by atoms with Crippen LogP contribution in [-0.4, -0.2) is 17.4 Å². The molecule has 0 spiro atoms. The second kappa shape index (κ2) is 6.63. The topological polar surface area (TPSA) is 49.7 Å². The van der Waals surface area contributed by atoms with Gasteiger partial charge in [-0.05, 0) is 29.3 Å². The van der Waals surface area contributed by atoms with E-state index < -0.39 is 11.1 Å². The van der Waals surface area contributed by atoms with E-state index in [0.717, 1.165) is 10.6 Å². The van der Waals surface area contributed by atoms with Crippen LogP contribution in [0.3, 0.4) is 0 Å². The Balaban J connectivity index is 2.31. The highest BCUT2D eigenvalue weighted by molar-refractivity contribution is 6.82. The predicted octanol–water partition coefficient (Wildman–Crippen LogP) is 2.82. The first-order chi connectivity index (χ1) is 9.68. The third kappa shape index (κ3) is 3.52. The van der Waals surface area contributed by atoms with Gasteiger partial charge in [-0.1, -0.05) is 48.5 Å². The van der Waals surface area contributed by atoms with Crippen LogP contribution >= 0.6 is 11.6 Å². The first-order valence-electron chi connectivity index (χ1n) is 5.86. The van der Waals surface area contributed by atoms with Gasteiger partial charge in [-0.25, -0.2) is 0 Å². The van der Waals surface area contributed by atoms with Crippen molar-refractivity contribution in [2.45, 2.75) is 0 Å². The summed E-state index contributed by atoms with van der Waals surface area (Å²) in [6, 6.07) is 17.9. The number of halogens is 1. The van der Waals surface area contributed by atoms with Gasteiger partial charge in [0.05, 0.1) is 11.9 Å². The van der Waals surface area contributed by atoms with Gasteiger partial charge in [0, 0.05) is 0 Å². The van der Waals surface area contributed by atoms with Crippen molar-refractivity contribution in [1.29, 1.82) is 0 Å². The van der Waals surface area contributed by atoms with E-state index in [4.69, 9.17) is 11.6 Å². The normalized spacial score (nSPS) is 10.4. The minimum absolute atomic E-state index is 0.471. The van der Waals surface area contributed by atoms with Crippen molar-refractivity contribution in [2.24, 2.45) is 5.10 Å². The Labute approximate surface area is 121 Å². The van der Waals surface area contributed by atoms with Crippen molar-refractivity contribution in [2.75, 3.05) is 5.01 Å². The number of carbonyl (C=O) groups excluding carboxylic acids is 2. The van der Waals surface area contributed by atoms with E-state index in [1.807, 2.05) is 30.3 Å². The average Bonchev–Trinajstić information content (AvgIpc) is 2.49. The SMILES string of the molecule is O=C(Cl)C(=O)N(/N=C/c1ccccc1)c1ccccc1. The van der Waals surface area contributed by atoms with Crippen LogP contribution in [0.5, 0.6) is 0 Å². The van der Waals surface area contributed by atoms with E-state index in [1.165, 1.54) is 6.21 Å². The van der Waals surface area contributed by atoms with Gasteiger partial charge >= 0.3 is 11.1 Å². The molecule has 0 saturated heterocycles. The summed E-state index contributed by atoms with van der Waals surface area (Å²) >= 11 is 5.25. The molecule has 2 aromatic rings. The van der Waals surface area contributed by atoms with Gasteiger partial charge in [0.25, 0.3) is 0 Å². The highest BCUT2D eigenvalue weighted by atomic mass is 35.5. The third-order valence-electron chi connectivity index (χ3n) is 2.48. The first kappa shape index (κ1) is 14.0. The lowest BCUT2D eigenvalue weighted by Crippen LogP contribution is -2.30. The van der Waals surface area contributed by atoms with E-state index in [1.54, 1.807) is 30.3 Å². The Kier molecular flexibility index (Phi) is 4.63. The first-order valence-corrected chi connectivity index (χ1v) is 6.24. The maximum atomic E-state index is 11.8. The summed E-state index contributed by atoms with van der Waals surface area (Å²) < 4.78 is 0. The number of benzene rings is 2. The molecule has 100 valence electrons. The van der Waals surface area contributed by atoms with E-state index in [9.17, 15) is 9.59 Å². The van der Waals surface area contributed by atoms with Gasteiger partial charge in [-0.15, -0.1) is 0 Å². The molecule has 4 nitrogen and oxygen atoms in total. The Morgan fingerprint density at radius 3 is 2.05 bits per heavy atom. The number of hydrazone groups is 1. The summed E-state index contributed by atoms with van der Waals surface area (Å²) in [4.78, 5) is 22.9. The van der Waals surface area contributed by atoms with Crippen LogP contribution in [-0.2, 0) is 9.59 Å². The number of rotatable bonds is 4. The molecule has 0 heterocycles. The Hall–Kier alpha value is -2.46. The highest BCUT2D eigenvalue weighted by Gasteiger charge is 2.20. The van der Waals surface area contributed by atoms with E-state index in [2.05, 4.69) is 5.10 Å². The zero-order valence-corrected chi connectivity index (χ0v) is 11.2. The molecule has 0 N–H and O–H groups in total. The maximum absolute atomic E-state index is 11.8. The summed E-state index contributed by atoms with van der Waals surface area (Å²) in [5.74, 6) is -0.898. The molecule has 0 aliphatic rings. The van der Waals surface area contributed by atoms with Crippen molar-refractivity contribution in [1.82, 2.24) is 0 Å². The molecule has 0 aliphatic carbocycles. The molecule has 0 saturated carbocycles. The molecule has 2 aromatic carbocycles. The fourth-order valence-corrected chi connectivity index (χ4v) is 1.63. The van der Waals surface area contributed by atoms with Crippen LogP contribution in [0.2, 0.25) is 0 Å². The van der Waals surface area contributed by atoms with Crippen LogP contribution in [0.15, 0.2) is 65.8 Å². The molecule has 0 unspecified atom stereocenters. The van der Waals surface area contributed by atoms with Crippen molar-refractivity contribution >= 4 is 34.7 Å². The molecule has 0 fully saturated rings. The molecule has 2 rings (SSSR count). The average molecular weight is 287 g/mol. The number of anilines is 1. The Morgan fingerprint density at radius 1 is 0.950 bits per heavy atom. The van der Waals surface area contributed by atoms with Gasteiger partial charge in [0.1, 0.15) is 0 Å². The van der Waals surface area contributed by atoms with Gasteiger partial charge in [-0.2, -0.15) is 10.1 Å². The van der Waals surface area contributed by atoms with E-state index in [0.29, 0.717) is 5.69 Å². The number of amides is 1. The van der Waals surface area contributed by atoms with Gasteiger partial charge in [-0.3, -0.25) is 9.59 Å². The molecule has 1 amide bonds. The van der Waals surface area contributed by atoms with Crippen molar-refractivity contribution in [3.8, 4) is 0 Å². The Bertz CT molecular complexity index is 627. The quantitative estimate of drug-likeness (QED) is 0.375. The fourth-order valence-electron chi connectivity index (χ4n) is 1.55. The Morgan fingerprint density at radius 2 is 1.50 bits per heavy atom. The molecule has 0 radical (unpaired) electrons. The summed E-state index contributed by atoms with van der Waals surface area (Å²) in [5.41, 5.74) is 1.28. The third-order valence-corrected chi connectivity index (χ3v) is 2.64. The maximum Gasteiger partial charge on any atom is 0.331 e. The van der Waals surface area contributed by atoms with E-state index >= 15 is 0 Å². The van der Waals surface area contributed by atoms with Crippen LogP contribution in [0, 0.1) is 0 Å². The summed E-state index contributed by atoms with van der Waals surface area (Å²) in [6.07, 6.45) is 1.49. The zero-order chi connectivity index (χ0) is 14.4. The van der Waals surface area contributed by atoms with Crippen LogP contribution in [0.1, 0.15) is 5.56 Å². The second-order valence-corrected chi connectivity index (χ2v) is 4.22. The number of carbonyl (C=O) groups is 2. The second-order valence-electron chi connectivity index (χ2n) is 3.88. The summed E-state index contributed by atoms with van der Waals surface area (Å²) in [7, 11) is 0. The number of hydrogen-bond donors (Lipinski definition) is 0. The molecular formula is C15H11ClN2O2. The molecule has 0 atom stereocenters. The van der Waals surface area contributed by atoms with E-state index in [-0.39, 0.29) is 0 Å². The lowest BCUT2D eigenvalue weighted by molar-refractivity contribution is -0.131.